The number of nitrogens with one attached hydrogen (secondary N) is 1. The number of hydrogen-bond donors (Lipinski definition) is 1. The van der Waals surface area contributed by atoms with Gasteiger partial charge in [-0.3, -0.25) is 4.79 Å². The topological polar surface area (TPSA) is 36.1 Å². The molecule has 1 amide bonds. The zero-order chi connectivity index (χ0) is 18.5. The minimum atomic E-state index is 0.164. The SMILES string of the molecule is CC(Cc1ccc(Cl)cc1)N(C)C(=O)CCCc1c[nH]c2ccccc12. The van der Waals surface area contributed by atoms with Gasteiger partial charge in [0.2, 0.25) is 5.91 Å². The van der Waals surface area contributed by atoms with Crippen LogP contribution in [0.15, 0.2) is 54.7 Å². The zero-order valence-electron chi connectivity index (χ0n) is 15.3. The maximum atomic E-state index is 12.5. The molecule has 3 nitrogen and oxygen atoms in total. The van der Waals surface area contributed by atoms with Gasteiger partial charge in [-0.1, -0.05) is 41.9 Å². The smallest absolute Gasteiger partial charge is 0.222 e. The minimum Gasteiger partial charge on any atom is -0.361 e. The summed E-state index contributed by atoms with van der Waals surface area (Å²) in [5, 5.41) is 1.99. The summed E-state index contributed by atoms with van der Waals surface area (Å²) in [4.78, 5) is 17.7. The molecule has 26 heavy (non-hydrogen) atoms. The molecule has 0 saturated heterocycles. The number of carbonyl (C=O) groups excluding carboxylic acids is 1. The Morgan fingerprint density at radius 3 is 2.65 bits per heavy atom. The molecule has 1 atom stereocenters. The molecule has 0 aliphatic carbocycles. The van der Waals surface area contributed by atoms with E-state index in [0.29, 0.717) is 6.42 Å². The van der Waals surface area contributed by atoms with Crippen molar-refractivity contribution >= 4 is 28.4 Å². The van der Waals surface area contributed by atoms with Gasteiger partial charge in [-0.05, 0) is 55.5 Å². The molecule has 0 radical (unpaired) electrons. The van der Waals surface area contributed by atoms with Gasteiger partial charge in [-0.15, -0.1) is 0 Å². The van der Waals surface area contributed by atoms with Crippen LogP contribution in [-0.2, 0) is 17.6 Å². The number of amides is 1. The summed E-state index contributed by atoms with van der Waals surface area (Å²) in [6, 6.07) is 16.3. The van der Waals surface area contributed by atoms with E-state index < -0.39 is 0 Å². The highest BCUT2D eigenvalue weighted by molar-refractivity contribution is 6.30. The first-order chi connectivity index (χ1) is 12.5. The second-order valence-corrected chi connectivity index (χ2v) is 7.33. The normalized spacial score (nSPS) is 12.3. The van der Waals surface area contributed by atoms with Crippen molar-refractivity contribution in [3.05, 3.63) is 70.9 Å². The second kappa shape index (κ2) is 8.41. The first-order valence-electron chi connectivity index (χ1n) is 9.09. The number of aromatic nitrogens is 1. The van der Waals surface area contributed by atoms with E-state index in [2.05, 4.69) is 36.3 Å². The van der Waals surface area contributed by atoms with Crippen LogP contribution in [0, 0.1) is 0 Å². The van der Waals surface area contributed by atoms with Crippen LogP contribution in [0.1, 0.15) is 30.9 Å². The summed E-state index contributed by atoms with van der Waals surface area (Å²) in [6.07, 6.45) is 5.23. The maximum absolute atomic E-state index is 12.5. The lowest BCUT2D eigenvalue weighted by molar-refractivity contribution is -0.131. The van der Waals surface area contributed by atoms with Gasteiger partial charge in [0.25, 0.3) is 0 Å². The summed E-state index contributed by atoms with van der Waals surface area (Å²) in [5.74, 6) is 0.200. The molecule has 0 bridgehead atoms. The van der Waals surface area contributed by atoms with E-state index in [1.807, 2.05) is 42.3 Å². The Hall–Kier alpha value is -2.26. The number of fused-ring (bicyclic) bond motifs is 1. The molecular formula is C22H25ClN2O. The van der Waals surface area contributed by atoms with Crippen LogP contribution >= 0.6 is 11.6 Å². The van der Waals surface area contributed by atoms with Crippen molar-refractivity contribution in [2.45, 2.75) is 38.6 Å². The lowest BCUT2D eigenvalue weighted by Gasteiger charge is -2.25. The van der Waals surface area contributed by atoms with Crippen molar-refractivity contribution in [1.82, 2.24) is 9.88 Å². The highest BCUT2D eigenvalue weighted by Crippen LogP contribution is 2.20. The second-order valence-electron chi connectivity index (χ2n) is 6.90. The summed E-state index contributed by atoms with van der Waals surface area (Å²) in [7, 11) is 1.90. The molecule has 0 spiro atoms. The van der Waals surface area contributed by atoms with Crippen LogP contribution in [-0.4, -0.2) is 28.9 Å². The lowest BCUT2D eigenvalue weighted by atomic mass is 10.0. The van der Waals surface area contributed by atoms with E-state index in [0.717, 1.165) is 29.8 Å². The Morgan fingerprint density at radius 1 is 1.15 bits per heavy atom. The van der Waals surface area contributed by atoms with Gasteiger partial charge in [0.1, 0.15) is 0 Å². The Balaban J connectivity index is 1.50. The maximum Gasteiger partial charge on any atom is 0.222 e. The van der Waals surface area contributed by atoms with Crippen molar-refractivity contribution in [3.8, 4) is 0 Å². The molecule has 2 aromatic carbocycles. The van der Waals surface area contributed by atoms with Gasteiger partial charge < -0.3 is 9.88 Å². The fourth-order valence-corrected chi connectivity index (χ4v) is 3.42. The van der Waals surface area contributed by atoms with E-state index in [4.69, 9.17) is 11.6 Å². The molecule has 1 unspecified atom stereocenters. The van der Waals surface area contributed by atoms with Crippen LogP contribution in [0.4, 0.5) is 0 Å². The Labute approximate surface area is 160 Å². The number of rotatable bonds is 7. The molecule has 1 heterocycles. The van der Waals surface area contributed by atoms with Crippen LogP contribution < -0.4 is 0 Å². The Bertz CT molecular complexity index is 869. The van der Waals surface area contributed by atoms with Crippen LogP contribution in [0.2, 0.25) is 5.02 Å². The molecule has 4 heteroatoms. The number of aryl methyl sites for hydroxylation is 1. The van der Waals surface area contributed by atoms with Crippen molar-refractivity contribution in [2.24, 2.45) is 0 Å². The van der Waals surface area contributed by atoms with Gasteiger partial charge in [0, 0.05) is 41.6 Å². The van der Waals surface area contributed by atoms with Crippen molar-refractivity contribution in [1.29, 1.82) is 0 Å². The number of H-pyrrole nitrogens is 1. The van der Waals surface area contributed by atoms with E-state index in [-0.39, 0.29) is 11.9 Å². The monoisotopic (exact) mass is 368 g/mol. The van der Waals surface area contributed by atoms with E-state index in [9.17, 15) is 4.79 Å². The fourth-order valence-electron chi connectivity index (χ4n) is 3.29. The molecule has 0 aliphatic rings. The van der Waals surface area contributed by atoms with Gasteiger partial charge in [0.05, 0.1) is 0 Å². The summed E-state index contributed by atoms with van der Waals surface area (Å²) in [6.45, 7) is 2.09. The molecule has 3 aromatic rings. The predicted molar refractivity (Wildman–Crippen MR) is 109 cm³/mol. The van der Waals surface area contributed by atoms with Crippen molar-refractivity contribution in [3.63, 3.8) is 0 Å². The zero-order valence-corrected chi connectivity index (χ0v) is 16.1. The Kier molecular flexibility index (Phi) is 6.00. The molecular weight excluding hydrogens is 344 g/mol. The number of aromatic amines is 1. The lowest BCUT2D eigenvalue weighted by Crippen LogP contribution is -2.36. The molecule has 1 aromatic heterocycles. The van der Waals surface area contributed by atoms with E-state index in [1.54, 1.807) is 0 Å². The number of para-hydroxylation sites is 1. The number of likely N-dealkylation sites (N-methyl/N-ethyl adjacent to an activating group) is 1. The van der Waals surface area contributed by atoms with Crippen LogP contribution in [0.5, 0.6) is 0 Å². The third-order valence-electron chi connectivity index (χ3n) is 5.01. The standard InChI is InChI=1S/C22H25ClN2O/c1-16(14-17-10-12-19(23)13-11-17)25(2)22(26)9-5-6-18-15-24-21-8-4-3-7-20(18)21/h3-4,7-8,10-13,15-16,24H,5-6,9,14H2,1-2H3. The molecule has 0 fully saturated rings. The third-order valence-corrected chi connectivity index (χ3v) is 5.26. The van der Waals surface area contributed by atoms with Crippen LogP contribution in [0.3, 0.4) is 0 Å². The van der Waals surface area contributed by atoms with Crippen molar-refractivity contribution < 1.29 is 4.79 Å². The Morgan fingerprint density at radius 2 is 1.88 bits per heavy atom. The molecule has 136 valence electrons. The molecule has 1 N–H and O–H groups in total. The van der Waals surface area contributed by atoms with E-state index in [1.165, 1.54) is 16.5 Å². The molecule has 3 rings (SSSR count). The average molecular weight is 369 g/mol. The number of carbonyl (C=O) groups is 1. The first kappa shape index (κ1) is 18.5. The highest BCUT2D eigenvalue weighted by Gasteiger charge is 2.16. The largest absolute Gasteiger partial charge is 0.361 e. The fraction of sp³-hybridized carbons (Fsp3) is 0.318. The number of benzene rings is 2. The first-order valence-corrected chi connectivity index (χ1v) is 9.47. The highest BCUT2D eigenvalue weighted by atomic mass is 35.5. The number of hydrogen-bond acceptors (Lipinski definition) is 1. The van der Waals surface area contributed by atoms with Crippen molar-refractivity contribution in [2.75, 3.05) is 7.05 Å². The third kappa shape index (κ3) is 4.47. The number of halogens is 1. The van der Waals surface area contributed by atoms with Gasteiger partial charge in [0.15, 0.2) is 0 Å². The number of nitrogens with zero attached hydrogens (tertiary/aromatic N) is 1. The minimum absolute atomic E-state index is 0.164. The van der Waals surface area contributed by atoms with E-state index >= 15 is 0 Å². The predicted octanol–water partition coefficient (Wildman–Crippen LogP) is 5.23. The van der Waals surface area contributed by atoms with Gasteiger partial charge in [-0.25, -0.2) is 0 Å². The van der Waals surface area contributed by atoms with Gasteiger partial charge >= 0.3 is 0 Å². The molecule has 0 saturated carbocycles. The van der Waals surface area contributed by atoms with Crippen LogP contribution in [0.25, 0.3) is 10.9 Å². The summed E-state index contributed by atoms with van der Waals surface area (Å²) in [5.41, 5.74) is 3.63. The molecule has 0 aliphatic heterocycles. The summed E-state index contributed by atoms with van der Waals surface area (Å²) >= 11 is 5.93. The average Bonchev–Trinajstić information content (AvgIpc) is 3.06. The van der Waals surface area contributed by atoms with Gasteiger partial charge in [-0.2, -0.15) is 0 Å². The summed E-state index contributed by atoms with van der Waals surface area (Å²) < 4.78 is 0. The quantitative estimate of drug-likeness (QED) is 0.608.